The summed E-state index contributed by atoms with van der Waals surface area (Å²) >= 11 is 0. The summed E-state index contributed by atoms with van der Waals surface area (Å²) in [6, 6.07) is 14.3. The van der Waals surface area contributed by atoms with E-state index in [0.717, 1.165) is 16.7 Å². The molecule has 2 heteroatoms. The number of rotatable bonds is 2. The Hall–Kier alpha value is -2.35. The van der Waals surface area contributed by atoms with E-state index in [1.807, 2.05) is 50.3 Å². The van der Waals surface area contributed by atoms with Crippen molar-refractivity contribution in [3.8, 4) is 11.5 Å². The van der Waals surface area contributed by atoms with Crippen LogP contribution in [0.5, 0.6) is 0 Å². The second-order valence-electron chi connectivity index (χ2n) is 4.61. The van der Waals surface area contributed by atoms with Crippen LogP contribution in [0.3, 0.4) is 0 Å². The molecule has 0 unspecified atom stereocenters. The highest BCUT2D eigenvalue weighted by atomic mass is 16.3. The first-order valence-electron chi connectivity index (χ1n) is 6.36. The van der Waals surface area contributed by atoms with Crippen LogP contribution in [0.4, 0.5) is 0 Å². The molecular formula is C17H15NO. The van der Waals surface area contributed by atoms with Crippen LogP contribution in [0.15, 0.2) is 53.0 Å². The number of aryl methyl sites for hydroxylation is 1. The Balaban J connectivity index is 2.03. The van der Waals surface area contributed by atoms with E-state index in [-0.39, 0.29) is 0 Å². The van der Waals surface area contributed by atoms with Gasteiger partial charge >= 0.3 is 0 Å². The lowest BCUT2D eigenvalue weighted by Crippen LogP contribution is -1.77. The quantitative estimate of drug-likeness (QED) is 0.649. The molecule has 19 heavy (non-hydrogen) atoms. The molecule has 2 nitrogen and oxygen atoms in total. The number of fused-ring (bicyclic) bond motifs is 1. The van der Waals surface area contributed by atoms with Crippen molar-refractivity contribution in [2.24, 2.45) is 0 Å². The van der Waals surface area contributed by atoms with Gasteiger partial charge in [0, 0.05) is 5.56 Å². The normalized spacial score (nSPS) is 11.5. The first-order valence-corrected chi connectivity index (χ1v) is 6.36. The number of hydrogen-bond donors (Lipinski definition) is 0. The van der Waals surface area contributed by atoms with Gasteiger partial charge in [0.1, 0.15) is 5.52 Å². The van der Waals surface area contributed by atoms with Crippen LogP contribution in [0.1, 0.15) is 18.1 Å². The van der Waals surface area contributed by atoms with Crippen molar-refractivity contribution < 1.29 is 4.42 Å². The molecule has 1 heterocycles. The fourth-order valence-corrected chi connectivity index (χ4v) is 2.08. The molecule has 3 rings (SSSR count). The van der Waals surface area contributed by atoms with Crippen molar-refractivity contribution in [2.45, 2.75) is 13.8 Å². The van der Waals surface area contributed by atoms with Crippen molar-refractivity contribution >= 4 is 17.2 Å². The number of benzene rings is 2. The minimum Gasteiger partial charge on any atom is -0.436 e. The molecule has 0 aliphatic rings. The SMILES string of the molecule is C/C=C/c1ccc(-c2nc3ccc(C)cc3o2)cc1. The molecule has 0 fully saturated rings. The molecule has 0 amide bonds. The standard InChI is InChI=1S/C17H15NO/c1-3-4-13-6-8-14(9-7-13)17-18-15-10-5-12(2)11-16(15)19-17/h3-11H,1-2H3/b4-3+. The highest BCUT2D eigenvalue weighted by molar-refractivity contribution is 5.77. The van der Waals surface area contributed by atoms with Crippen LogP contribution in [-0.4, -0.2) is 4.98 Å². The average Bonchev–Trinajstić information content (AvgIpc) is 2.83. The summed E-state index contributed by atoms with van der Waals surface area (Å²) in [5.74, 6) is 0.674. The summed E-state index contributed by atoms with van der Waals surface area (Å²) in [4.78, 5) is 4.52. The zero-order valence-electron chi connectivity index (χ0n) is 11.1. The lowest BCUT2D eigenvalue weighted by Gasteiger charge is -1.96. The summed E-state index contributed by atoms with van der Waals surface area (Å²) in [6.45, 7) is 4.06. The van der Waals surface area contributed by atoms with Gasteiger partial charge < -0.3 is 4.42 Å². The molecule has 1 aromatic heterocycles. The van der Waals surface area contributed by atoms with Crippen molar-refractivity contribution in [3.05, 3.63) is 59.7 Å². The van der Waals surface area contributed by atoms with Gasteiger partial charge in [-0.15, -0.1) is 0 Å². The van der Waals surface area contributed by atoms with E-state index < -0.39 is 0 Å². The zero-order valence-corrected chi connectivity index (χ0v) is 11.1. The number of hydrogen-bond acceptors (Lipinski definition) is 2. The maximum absolute atomic E-state index is 5.81. The third-order valence-corrected chi connectivity index (χ3v) is 3.06. The van der Waals surface area contributed by atoms with Crippen LogP contribution in [-0.2, 0) is 0 Å². The Morgan fingerprint density at radius 2 is 1.84 bits per heavy atom. The van der Waals surface area contributed by atoms with Gasteiger partial charge in [-0.3, -0.25) is 0 Å². The van der Waals surface area contributed by atoms with Gasteiger partial charge in [-0.1, -0.05) is 30.4 Å². The number of oxazole rings is 1. The van der Waals surface area contributed by atoms with E-state index >= 15 is 0 Å². The Morgan fingerprint density at radius 3 is 2.58 bits per heavy atom. The second kappa shape index (κ2) is 4.73. The predicted molar refractivity (Wildman–Crippen MR) is 78.9 cm³/mol. The third kappa shape index (κ3) is 2.29. The monoisotopic (exact) mass is 249 g/mol. The zero-order chi connectivity index (χ0) is 13.2. The third-order valence-electron chi connectivity index (χ3n) is 3.06. The molecule has 0 N–H and O–H groups in total. The van der Waals surface area contributed by atoms with Gasteiger partial charge in [-0.25, -0.2) is 4.98 Å². The maximum atomic E-state index is 5.81. The molecule has 2 aromatic carbocycles. The van der Waals surface area contributed by atoms with Gasteiger partial charge in [0.15, 0.2) is 5.58 Å². The molecule has 0 saturated heterocycles. The fraction of sp³-hybridized carbons (Fsp3) is 0.118. The van der Waals surface area contributed by atoms with Crippen molar-refractivity contribution in [1.82, 2.24) is 4.98 Å². The lowest BCUT2D eigenvalue weighted by molar-refractivity contribution is 0.619. The molecular weight excluding hydrogens is 234 g/mol. The molecule has 0 radical (unpaired) electrons. The number of nitrogens with zero attached hydrogens (tertiary/aromatic N) is 1. The summed E-state index contributed by atoms with van der Waals surface area (Å²) in [7, 11) is 0. The van der Waals surface area contributed by atoms with Crippen molar-refractivity contribution in [1.29, 1.82) is 0 Å². The Bertz CT molecular complexity index is 736. The smallest absolute Gasteiger partial charge is 0.227 e. The minimum absolute atomic E-state index is 0.674. The average molecular weight is 249 g/mol. The van der Waals surface area contributed by atoms with E-state index in [2.05, 4.69) is 23.2 Å². The van der Waals surface area contributed by atoms with Crippen LogP contribution in [0.25, 0.3) is 28.6 Å². The van der Waals surface area contributed by atoms with Crippen molar-refractivity contribution in [3.63, 3.8) is 0 Å². The lowest BCUT2D eigenvalue weighted by atomic mass is 10.1. The van der Waals surface area contributed by atoms with E-state index in [1.54, 1.807) is 0 Å². The Morgan fingerprint density at radius 1 is 1.05 bits per heavy atom. The summed E-state index contributed by atoms with van der Waals surface area (Å²) in [6.07, 6.45) is 4.09. The first-order chi connectivity index (χ1) is 9.26. The molecule has 0 aliphatic carbocycles. The largest absolute Gasteiger partial charge is 0.436 e. The summed E-state index contributed by atoms with van der Waals surface area (Å²) in [5, 5.41) is 0. The van der Waals surface area contributed by atoms with Crippen LogP contribution < -0.4 is 0 Å². The van der Waals surface area contributed by atoms with E-state index in [4.69, 9.17) is 4.42 Å². The Labute approximate surface area is 112 Å². The van der Waals surface area contributed by atoms with Crippen molar-refractivity contribution in [2.75, 3.05) is 0 Å². The van der Waals surface area contributed by atoms with Gasteiger partial charge in [0.05, 0.1) is 0 Å². The van der Waals surface area contributed by atoms with E-state index in [9.17, 15) is 0 Å². The highest BCUT2D eigenvalue weighted by Crippen LogP contribution is 2.25. The molecule has 0 spiro atoms. The molecule has 0 bridgehead atoms. The Kier molecular flexibility index (Phi) is 2.92. The van der Waals surface area contributed by atoms with Gasteiger partial charge in [-0.2, -0.15) is 0 Å². The van der Waals surface area contributed by atoms with Gasteiger partial charge in [-0.05, 0) is 49.2 Å². The molecule has 0 atom stereocenters. The van der Waals surface area contributed by atoms with Crippen LogP contribution in [0.2, 0.25) is 0 Å². The van der Waals surface area contributed by atoms with Gasteiger partial charge in [0.2, 0.25) is 5.89 Å². The molecule has 3 aromatic rings. The highest BCUT2D eigenvalue weighted by Gasteiger charge is 2.07. The minimum atomic E-state index is 0.674. The predicted octanol–water partition coefficient (Wildman–Crippen LogP) is 4.84. The molecule has 94 valence electrons. The van der Waals surface area contributed by atoms with E-state index in [1.165, 1.54) is 11.1 Å². The maximum Gasteiger partial charge on any atom is 0.227 e. The topological polar surface area (TPSA) is 26.0 Å². The second-order valence-corrected chi connectivity index (χ2v) is 4.61. The molecule has 0 saturated carbocycles. The summed E-state index contributed by atoms with van der Waals surface area (Å²) in [5.41, 5.74) is 5.10. The van der Waals surface area contributed by atoms with Gasteiger partial charge in [0.25, 0.3) is 0 Å². The number of aromatic nitrogens is 1. The first kappa shape index (κ1) is 11.7. The van der Waals surface area contributed by atoms with Crippen LogP contribution in [0, 0.1) is 6.92 Å². The fourth-order valence-electron chi connectivity index (χ4n) is 2.08. The number of allylic oxidation sites excluding steroid dienone is 1. The van der Waals surface area contributed by atoms with E-state index in [0.29, 0.717) is 5.89 Å². The molecule has 0 aliphatic heterocycles. The van der Waals surface area contributed by atoms with Crippen LogP contribution >= 0.6 is 0 Å². The summed E-state index contributed by atoms with van der Waals surface area (Å²) < 4.78 is 5.81.